The number of carbonyl (C=O) groups excluding carboxylic acids is 3. The predicted octanol–water partition coefficient (Wildman–Crippen LogP) is 4.25. The van der Waals surface area contributed by atoms with Gasteiger partial charge in [-0.1, -0.05) is 121 Å². The van der Waals surface area contributed by atoms with Gasteiger partial charge in [-0.3, -0.25) is 9.59 Å². The molecule has 7 nitrogen and oxygen atoms in total. The molecule has 2 aliphatic rings. The van der Waals surface area contributed by atoms with E-state index in [0.717, 1.165) is 37.5 Å². The summed E-state index contributed by atoms with van der Waals surface area (Å²) in [6, 6.07) is 53.2. The highest BCUT2D eigenvalue weighted by Gasteiger charge is 2.68. The van der Waals surface area contributed by atoms with Crippen LogP contribution in [0.4, 0.5) is 0 Å². The minimum absolute atomic E-state index is 0. The first-order chi connectivity index (χ1) is 27.4. The number of hydrogen-bond acceptors (Lipinski definition) is 7. The van der Waals surface area contributed by atoms with Gasteiger partial charge in [-0.2, -0.15) is 0 Å². The Morgan fingerprint density at radius 2 is 1.23 bits per heavy atom. The summed E-state index contributed by atoms with van der Waals surface area (Å²) in [4.78, 5) is 45.7. The zero-order chi connectivity index (χ0) is 38.5. The minimum Gasteiger partial charge on any atom is -1.00 e. The molecule has 3 heterocycles. The van der Waals surface area contributed by atoms with Gasteiger partial charge in [-0.05, 0) is 64.4 Å². The molecule has 2 amide bonds. The molecule has 1 aromatic heterocycles. The summed E-state index contributed by atoms with van der Waals surface area (Å²) in [7, 11) is -1.09. The number of benzene rings is 5. The largest absolute Gasteiger partial charge is 1.00 e. The monoisotopic (exact) mass is 922 g/mol. The second-order valence-electron chi connectivity index (χ2n) is 13.7. The molecule has 0 spiro atoms. The third kappa shape index (κ3) is 7.86. The van der Waals surface area contributed by atoms with Crippen LogP contribution >= 0.6 is 30.4 Å². The van der Waals surface area contributed by atoms with Gasteiger partial charge in [-0.15, -0.1) is 23.1 Å². The number of β-lactam (4-membered cyclic amide) rings is 1. The number of nitrogens with one attached hydrogen (secondary N) is 1. The van der Waals surface area contributed by atoms with Crippen molar-refractivity contribution in [1.29, 1.82) is 0 Å². The van der Waals surface area contributed by atoms with Crippen LogP contribution in [-0.2, 0) is 30.3 Å². The molecule has 1 saturated heterocycles. The topological polar surface area (TPSA) is 84.9 Å². The van der Waals surface area contributed by atoms with Crippen molar-refractivity contribution < 1.29 is 47.8 Å². The number of rotatable bonds is 13. The zero-order valence-electron chi connectivity index (χ0n) is 31.0. The number of methoxy groups -OCH3 is 1. The molecule has 1 unspecified atom stereocenters. The zero-order valence-corrected chi connectivity index (χ0v) is 35.7. The van der Waals surface area contributed by atoms with Gasteiger partial charge in [0.15, 0.2) is 12.1 Å². The second-order valence-corrected chi connectivity index (χ2v) is 19.1. The third-order valence-corrected chi connectivity index (χ3v) is 16.9. The lowest BCUT2D eigenvalue weighted by Gasteiger charge is -2.57. The molecule has 2 aliphatic heterocycles. The van der Waals surface area contributed by atoms with Crippen molar-refractivity contribution in [2.75, 3.05) is 13.3 Å². The Morgan fingerprint density at radius 3 is 1.68 bits per heavy atom. The smallest absolute Gasteiger partial charge is 0.334 e. The van der Waals surface area contributed by atoms with Crippen molar-refractivity contribution in [2.24, 2.45) is 0 Å². The fourth-order valence-corrected chi connectivity index (χ4v) is 14.2. The average molecular weight is 923 g/mol. The maximum absolute atomic E-state index is 15.1. The second kappa shape index (κ2) is 17.9. The van der Waals surface area contributed by atoms with E-state index in [-0.39, 0.29) is 36.3 Å². The van der Waals surface area contributed by atoms with Gasteiger partial charge in [0.2, 0.25) is 5.91 Å². The summed E-state index contributed by atoms with van der Waals surface area (Å²) in [6.45, 7) is 0. The fraction of sp³-hybridized carbons (Fsp3) is 0.152. The van der Waals surface area contributed by atoms with Gasteiger partial charge in [0, 0.05) is 17.6 Å². The quantitative estimate of drug-likeness (QED) is 0.0614. The van der Waals surface area contributed by atoms with E-state index in [4.69, 9.17) is 9.47 Å². The van der Waals surface area contributed by atoms with Gasteiger partial charge in [-0.25, -0.2) is 4.79 Å². The fourth-order valence-electron chi connectivity index (χ4n) is 7.72. The van der Waals surface area contributed by atoms with Crippen LogP contribution in [0.25, 0.3) is 0 Å². The average Bonchev–Trinajstić information content (AvgIpc) is 3.78. The number of ether oxygens (including phenoxy) is 2. The molecule has 288 valence electrons. The molecule has 0 saturated carbocycles. The number of carbonyl (C=O) groups is 3. The number of thiophene rings is 1. The Balaban J connectivity index is 0.00000496. The van der Waals surface area contributed by atoms with Gasteiger partial charge in [0.25, 0.3) is 11.6 Å². The standard InChI is InChI=1S/C46H39N2O5PS2.HI/c1-52-46(47-40(49)30-39-28-17-29-55-39)44(51)48-41(43(50)53-42(33-18-7-2-8-19-33)34-20-9-3-10-21-34)35(32-56-45(46)48)31-54(36-22-11-4-12-23-36,37-24-13-5-14-25-37)38-26-15-6-16-27-38;/h2-29,32,41-42,45H,30-31H2,1H3;1H/t41?,45-,46+;/m1./s1. The predicted molar refractivity (Wildman–Crippen MR) is 227 cm³/mol. The van der Waals surface area contributed by atoms with E-state index in [1.165, 1.54) is 30.2 Å². The van der Waals surface area contributed by atoms with Crippen molar-refractivity contribution >= 4 is 64.1 Å². The molecule has 0 radical (unpaired) electrons. The van der Waals surface area contributed by atoms with Crippen LogP contribution in [0.3, 0.4) is 0 Å². The SMILES string of the molecule is CO[C@@]1(NC(=O)Cc2cccs2)C(=O)N2C(C(=O)OC(c3ccccc3)c3ccccc3)C(C[P+](c3ccccc3)(c3ccccc3)c3ccccc3)=CS[C@@H]21.[I-]. The molecule has 5 aromatic carbocycles. The summed E-state index contributed by atoms with van der Waals surface area (Å²) in [5, 5.41) is 9.54. The Bertz CT molecular complexity index is 2180. The molecule has 0 bridgehead atoms. The lowest BCUT2D eigenvalue weighted by Crippen LogP contribution is -3.00. The highest BCUT2D eigenvalue weighted by atomic mass is 127. The highest BCUT2D eigenvalue weighted by molar-refractivity contribution is 8.03. The van der Waals surface area contributed by atoms with Gasteiger partial charge in [0.05, 0.1) is 12.6 Å². The number of hydrogen-bond donors (Lipinski definition) is 1. The van der Waals surface area contributed by atoms with Crippen molar-refractivity contribution in [2.45, 2.75) is 29.7 Å². The number of nitrogens with zero attached hydrogens (tertiary/aromatic N) is 1. The van der Waals surface area contributed by atoms with E-state index in [2.05, 4.69) is 78.1 Å². The van der Waals surface area contributed by atoms with Crippen LogP contribution in [0, 0.1) is 0 Å². The number of thioether (sulfide) groups is 1. The van der Waals surface area contributed by atoms with E-state index >= 15 is 4.79 Å². The Hall–Kier alpha value is -4.58. The molecule has 1 N–H and O–H groups in total. The number of amides is 2. The lowest BCUT2D eigenvalue weighted by molar-refractivity contribution is -0.202. The number of fused-ring (bicyclic) bond motifs is 1. The van der Waals surface area contributed by atoms with Gasteiger partial charge < -0.3 is 43.7 Å². The highest BCUT2D eigenvalue weighted by Crippen LogP contribution is 2.59. The van der Waals surface area contributed by atoms with Crippen molar-refractivity contribution in [3.05, 3.63) is 196 Å². The molecular formula is C46H40IN2O5PS2. The maximum Gasteiger partial charge on any atom is 0.334 e. The van der Waals surface area contributed by atoms with Crippen LogP contribution in [-0.4, -0.2) is 53.1 Å². The third-order valence-electron chi connectivity index (χ3n) is 10.4. The Kier molecular flexibility index (Phi) is 12.8. The summed E-state index contributed by atoms with van der Waals surface area (Å²) in [5.41, 5.74) is 0.702. The summed E-state index contributed by atoms with van der Waals surface area (Å²) in [5.74, 6) is -1.40. The van der Waals surface area contributed by atoms with E-state index in [0.29, 0.717) is 6.16 Å². The summed E-state index contributed by atoms with van der Waals surface area (Å²) in [6.07, 6.45) is -0.167. The van der Waals surface area contributed by atoms with Crippen LogP contribution in [0.2, 0.25) is 0 Å². The molecule has 11 heteroatoms. The Morgan fingerprint density at radius 1 is 0.737 bits per heavy atom. The van der Waals surface area contributed by atoms with Crippen molar-refractivity contribution in [3.63, 3.8) is 0 Å². The van der Waals surface area contributed by atoms with E-state index < -0.39 is 42.4 Å². The van der Waals surface area contributed by atoms with Gasteiger partial charge in [0.1, 0.15) is 28.5 Å². The van der Waals surface area contributed by atoms with Gasteiger partial charge >= 0.3 is 5.97 Å². The molecule has 57 heavy (non-hydrogen) atoms. The first-order valence-corrected chi connectivity index (χ1v) is 22.2. The van der Waals surface area contributed by atoms with Crippen LogP contribution < -0.4 is 45.2 Å². The lowest BCUT2D eigenvalue weighted by atomic mass is 9.94. The molecule has 6 aromatic rings. The van der Waals surface area contributed by atoms with Crippen molar-refractivity contribution in [1.82, 2.24) is 10.2 Å². The first-order valence-electron chi connectivity index (χ1n) is 18.4. The first kappa shape index (κ1) is 40.6. The summed E-state index contributed by atoms with van der Waals surface area (Å²) < 4.78 is 12.5. The molecule has 1 fully saturated rings. The normalized spacial score (nSPS) is 18.7. The summed E-state index contributed by atoms with van der Waals surface area (Å²) >= 11 is 2.85. The number of halogens is 1. The molecular weight excluding hydrogens is 883 g/mol. The Labute approximate surface area is 358 Å². The van der Waals surface area contributed by atoms with E-state index in [1.54, 1.807) is 4.90 Å². The maximum atomic E-state index is 15.1. The molecule has 8 rings (SSSR count). The number of esters is 1. The minimum atomic E-state index is -2.51. The van der Waals surface area contributed by atoms with E-state index in [9.17, 15) is 9.59 Å². The van der Waals surface area contributed by atoms with Crippen molar-refractivity contribution in [3.8, 4) is 0 Å². The van der Waals surface area contributed by atoms with Crippen LogP contribution in [0.15, 0.2) is 180 Å². The van der Waals surface area contributed by atoms with E-state index in [1.807, 2.05) is 102 Å². The van der Waals surface area contributed by atoms with Crippen LogP contribution in [0.5, 0.6) is 0 Å². The van der Waals surface area contributed by atoms with Crippen LogP contribution in [0.1, 0.15) is 22.1 Å². The molecule has 3 atom stereocenters. The molecule has 0 aliphatic carbocycles.